The second-order valence-electron chi connectivity index (χ2n) is 2.72. The molecule has 6 heteroatoms. The highest BCUT2D eigenvalue weighted by molar-refractivity contribution is 5.82. The fourth-order valence-corrected chi connectivity index (χ4v) is 0.905. The number of carbonyl (C=O) groups is 1. The van der Waals surface area contributed by atoms with Gasteiger partial charge < -0.3 is 10.1 Å². The molecule has 1 aromatic carbocycles. The maximum absolute atomic E-state index is 13.0. The van der Waals surface area contributed by atoms with Gasteiger partial charge in [-0.2, -0.15) is 0 Å². The maximum Gasteiger partial charge on any atom is 0.331 e. The van der Waals surface area contributed by atoms with Crippen molar-refractivity contribution in [1.82, 2.24) is 0 Å². The molecule has 1 aromatic rings. The van der Waals surface area contributed by atoms with Gasteiger partial charge in [-0.1, -0.05) is 0 Å². The molecule has 1 N–H and O–H groups in total. The zero-order valence-electron chi connectivity index (χ0n) is 8.26. The van der Waals surface area contributed by atoms with Gasteiger partial charge in [0.15, 0.2) is 17.5 Å². The lowest BCUT2D eigenvalue weighted by Gasteiger charge is -2.03. The summed E-state index contributed by atoms with van der Waals surface area (Å²) in [7, 11) is 1.17. The molecular weight excluding hydrogens is 223 g/mol. The number of halogens is 3. The van der Waals surface area contributed by atoms with Crippen LogP contribution >= 0.6 is 0 Å². The standard InChI is InChI=1S/C10H8F3NO2/c1-16-8(15)4-5-14-7-3-2-6(11)9(12)10(7)13/h2-5,14H,1H3/b5-4+. The summed E-state index contributed by atoms with van der Waals surface area (Å²) in [6.07, 6.45) is 2.03. The van der Waals surface area contributed by atoms with Gasteiger partial charge in [0.1, 0.15) is 0 Å². The van der Waals surface area contributed by atoms with Crippen molar-refractivity contribution in [3.8, 4) is 0 Å². The number of carbonyl (C=O) groups excluding carboxylic acids is 1. The van der Waals surface area contributed by atoms with E-state index in [1.54, 1.807) is 0 Å². The average Bonchev–Trinajstić information content (AvgIpc) is 2.29. The minimum Gasteiger partial charge on any atom is -0.466 e. The zero-order valence-corrected chi connectivity index (χ0v) is 8.26. The predicted octanol–water partition coefficient (Wildman–Crippen LogP) is 2.20. The molecule has 0 aliphatic carbocycles. The quantitative estimate of drug-likeness (QED) is 0.492. The van der Waals surface area contributed by atoms with Gasteiger partial charge in [0, 0.05) is 12.3 Å². The van der Waals surface area contributed by atoms with Crippen LogP contribution in [0.5, 0.6) is 0 Å². The molecule has 0 saturated carbocycles. The van der Waals surface area contributed by atoms with Gasteiger partial charge in [0.05, 0.1) is 12.8 Å². The number of benzene rings is 1. The van der Waals surface area contributed by atoms with Crippen LogP contribution in [0.25, 0.3) is 0 Å². The first-order valence-electron chi connectivity index (χ1n) is 4.20. The van der Waals surface area contributed by atoms with E-state index >= 15 is 0 Å². The molecule has 1 rings (SSSR count). The van der Waals surface area contributed by atoms with Crippen molar-refractivity contribution < 1.29 is 22.7 Å². The van der Waals surface area contributed by atoms with Crippen molar-refractivity contribution in [2.24, 2.45) is 0 Å². The van der Waals surface area contributed by atoms with Crippen LogP contribution in [-0.4, -0.2) is 13.1 Å². The van der Waals surface area contributed by atoms with Crippen LogP contribution in [0, 0.1) is 17.5 Å². The summed E-state index contributed by atoms with van der Waals surface area (Å²) in [6, 6.07) is 1.78. The van der Waals surface area contributed by atoms with Gasteiger partial charge in [-0.3, -0.25) is 0 Å². The van der Waals surface area contributed by atoms with Gasteiger partial charge in [-0.25, -0.2) is 18.0 Å². The highest BCUT2D eigenvalue weighted by Gasteiger charge is 2.12. The van der Waals surface area contributed by atoms with Crippen molar-refractivity contribution in [2.75, 3.05) is 12.4 Å². The number of hydrogen-bond acceptors (Lipinski definition) is 3. The Hall–Kier alpha value is -1.98. The minimum atomic E-state index is -1.57. The van der Waals surface area contributed by atoms with E-state index in [0.29, 0.717) is 0 Å². The van der Waals surface area contributed by atoms with Gasteiger partial charge in [0.25, 0.3) is 0 Å². The van der Waals surface area contributed by atoms with E-state index in [2.05, 4.69) is 10.1 Å². The first kappa shape index (κ1) is 12.1. The number of nitrogens with one attached hydrogen (secondary N) is 1. The minimum absolute atomic E-state index is 0.279. The predicted molar refractivity (Wildman–Crippen MR) is 51.1 cm³/mol. The Kier molecular flexibility index (Phi) is 3.93. The highest BCUT2D eigenvalue weighted by atomic mass is 19.2. The lowest BCUT2D eigenvalue weighted by Crippen LogP contribution is -2.00. The van der Waals surface area contributed by atoms with E-state index in [0.717, 1.165) is 24.4 Å². The van der Waals surface area contributed by atoms with Crippen molar-refractivity contribution in [2.45, 2.75) is 0 Å². The number of esters is 1. The summed E-state index contributed by atoms with van der Waals surface area (Å²) in [5.74, 6) is -4.86. The number of rotatable bonds is 3. The zero-order chi connectivity index (χ0) is 12.1. The molecule has 3 nitrogen and oxygen atoms in total. The molecule has 0 spiro atoms. The number of hydrogen-bond donors (Lipinski definition) is 1. The van der Waals surface area contributed by atoms with Crippen LogP contribution in [0.15, 0.2) is 24.4 Å². The highest BCUT2D eigenvalue weighted by Crippen LogP contribution is 2.19. The van der Waals surface area contributed by atoms with Crippen LogP contribution in [-0.2, 0) is 9.53 Å². The van der Waals surface area contributed by atoms with Gasteiger partial charge in [-0.05, 0) is 12.1 Å². The van der Waals surface area contributed by atoms with Crippen molar-refractivity contribution in [1.29, 1.82) is 0 Å². The summed E-state index contributed by atoms with van der Waals surface area (Å²) in [5.41, 5.74) is -0.279. The summed E-state index contributed by atoms with van der Waals surface area (Å²) in [4.78, 5) is 10.6. The molecule has 0 unspecified atom stereocenters. The molecular formula is C10H8F3NO2. The Morgan fingerprint density at radius 3 is 2.62 bits per heavy atom. The fourth-order valence-electron chi connectivity index (χ4n) is 0.905. The van der Waals surface area contributed by atoms with E-state index in [4.69, 9.17) is 0 Å². The summed E-state index contributed by atoms with van der Waals surface area (Å²) in [6.45, 7) is 0. The maximum atomic E-state index is 13.0. The molecule has 0 aliphatic rings. The Morgan fingerprint density at radius 1 is 1.31 bits per heavy atom. The average molecular weight is 231 g/mol. The van der Waals surface area contributed by atoms with Gasteiger partial charge >= 0.3 is 5.97 Å². The molecule has 16 heavy (non-hydrogen) atoms. The second-order valence-corrected chi connectivity index (χ2v) is 2.72. The van der Waals surface area contributed by atoms with E-state index in [9.17, 15) is 18.0 Å². The molecule has 0 radical (unpaired) electrons. The molecule has 86 valence electrons. The smallest absolute Gasteiger partial charge is 0.331 e. The SMILES string of the molecule is COC(=O)/C=C/Nc1ccc(F)c(F)c1F. The number of anilines is 1. The van der Waals surface area contributed by atoms with Crippen LogP contribution in [0.3, 0.4) is 0 Å². The molecule has 0 amide bonds. The molecule has 0 bridgehead atoms. The van der Waals surface area contributed by atoms with Crippen LogP contribution < -0.4 is 5.32 Å². The Labute approximate surface area is 89.5 Å². The van der Waals surface area contributed by atoms with E-state index in [-0.39, 0.29) is 5.69 Å². The third kappa shape index (κ3) is 2.75. The van der Waals surface area contributed by atoms with Gasteiger partial charge in [0.2, 0.25) is 0 Å². The lowest BCUT2D eigenvalue weighted by atomic mass is 10.3. The molecule has 0 atom stereocenters. The number of ether oxygens (including phenoxy) is 1. The third-order valence-electron chi connectivity index (χ3n) is 1.69. The summed E-state index contributed by atoms with van der Waals surface area (Å²) in [5, 5.41) is 2.28. The van der Waals surface area contributed by atoms with Gasteiger partial charge in [-0.15, -0.1) is 0 Å². The fraction of sp³-hybridized carbons (Fsp3) is 0.100. The normalized spacial score (nSPS) is 10.5. The second kappa shape index (κ2) is 5.20. The lowest BCUT2D eigenvalue weighted by molar-refractivity contribution is -0.134. The first-order valence-corrected chi connectivity index (χ1v) is 4.20. The number of methoxy groups -OCH3 is 1. The Balaban J connectivity index is 2.79. The molecule has 0 heterocycles. The van der Waals surface area contributed by atoms with Crippen LogP contribution in [0.2, 0.25) is 0 Å². The van der Waals surface area contributed by atoms with Crippen LogP contribution in [0.1, 0.15) is 0 Å². The molecule has 0 aromatic heterocycles. The monoisotopic (exact) mass is 231 g/mol. The van der Waals surface area contributed by atoms with E-state index < -0.39 is 23.4 Å². The molecule has 0 aliphatic heterocycles. The Bertz CT molecular complexity index is 432. The summed E-state index contributed by atoms with van der Waals surface area (Å²) >= 11 is 0. The van der Waals surface area contributed by atoms with E-state index in [1.165, 1.54) is 7.11 Å². The molecule has 0 fully saturated rings. The first-order chi connectivity index (χ1) is 7.56. The van der Waals surface area contributed by atoms with Crippen molar-refractivity contribution in [3.05, 3.63) is 41.9 Å². The van der Waals surface area contributed by atoms with Crippen molar-refractivity contribution in [3.63, 3.8) is 0 Å². The topological polar surface area (TPSA) is 38.3 Å². The van der Waals surface area contributed by atoms with Crippen molar-refractivity contribution >= 4 is 11.7 Å². The summed E-state index contributed by atoms with van der Waals surface area (Å²) < 4.78 is 42.6. The third-order valence-corrected chi connectivity index (χ3v) is 1.69. The van der Waals surface area contributed by atoms with Crippen LogP contribution in [0.4, 0.5) is 18.9 Å². The largest absolute Gasteiger partial charge is 0.466 e. The Morgan fingerprint density at radius 2 is 2.00 bits per heavy atom. The van der Waals surface area contributed by atoms with E-state index in [1.807, 2.05) is 0 Å². The molecule has 0 saturated heterocycles.